The Hall–Kier alpha value is -1.12. The third-order valence-corrected chi connectivity index (χ3v) is 2.53. The van der Waals surface area contributed by atoms with Crippen molar-refractivity contribution in [3.8, 4) is 0 Å². The van der Waals surface area contributed by atoms with Gasteiger partial charge in [-0.15, -0.1) is 6.58 Å². The summed E-state index contributed by atoms with van der Waals surface area (Å²) in [4.78, 5) is 2.20. The van der Waals surface area contributed by atoms with Gasteiger partial charge in [-0.1, -0.05) is 36.4 Å². The molecule has 1 aromatic rings. The third kappa shape index (κ3) is 3.86. The lowest BCUT2D eigenvalue weighted by molar-refractivity contribution is 0.171. The summed E-state index contributed by atoms with van der Waals surface area (Å²) in [5.74, 6) is 0. The Bertz CT molecular complexity index is 284. The Labute approximate surface area is 91.9 Å². The minimum absolute atomic E-state index is 0.186. The zero-order valence-electron chi connectivity index (χ0n) is 9.26. The van der Waals surface area contributed by atoms with Gasteiger partial charge in [-0.25, -0.2) is 0 Å². The fraction of sp³-hybridized carbons (Fsp3) is 0.385. The molecule has 0 saturated carbocycles. The Morgan fingerprint density at radius 2 is 2.07 bits per heavy atom. The van der Waals surface area contributed by atoms with E-state index in [1.165, 1.54) is 5.56 Å². The number of benzene rings is 1. The average molecular weight is 205 g/mol. The molecule has 1 aromatic carbocycles. The van der Waals surface area contributed by atoms with Crippen LogP contribution in [0, 0.1) is 0 Å². The zero-order chi connectivity index (χ0) is 11.1. The Morgan fingerprint density at radius 1 is 1.40 bits per heavy atom. The molecule has 0 aliphatic rings. The third-order valence-electron chi connectivity index (χ3n) is 2.53. The van der Waals surface area contributed by atoms with E-state index < -0.39 is 0 Å². The highest BCUT2D eigenvalue weighted by molar-refractivity contribution is 5.14. The van der Waals surface area contributed by atoms with Gasteiger partial charge in [0.2, 0.25) is 0 Å². The molecule has 82 valence electrons. The van der Waals surface area contributed by atoms with Gasteiger partial charge in [-0.3, -0.25) is 4.90 Å². The van der Waals surface area contributed by atoms with Crippen molar-refractivity contribution in [1.29, 1.82) is 0 Å². The van der Waals surface area contributed by atoms with Crippen molar-refractivity contribution in [2.24, 2.45) is 0 Å². The van der Waals surface area contributed by atoms with E-state index in [2.05, 4.69) is 30.5 Å². The van der Waals surface area contributed by atoms with Crippen LogP contribution in [0.2, 0.25) is 0 Å². The summed E-state index contributed by atoms with van der Waals surface area (Å²) in [6.45, 7) is 7.59. The predicted octanol–water partition coefficient (Wildman–Crippen LogP) is 2.06. The van der Waals surface area contributed by atoms with Gasteiger partial charge < -0.3 is 5.11 Å². The Kier molecular flexibility index (Phi) is 5.08. The monoisotopic (exact) mass is 205 g/mol. The van der Waals surface area contributed by atoms with E-state index in [0.717, 1.165) is 6.54 Å². The van der Waals surface area contributed by atoms with E-state index in [0.29, 0.717) is 6.54 Å². The fourth-order valence-corrected chi connectivity index (χ4v) is 1.52. The van der Waals surface area contributed by atoms with Crippen LogP contribution in [0.5, 0.6) is 0 Å². The second-order valence-electron chi connectivity index (χ2n) is 3.66. The molecule has 0 aliphatic heterocycles. The Balaban J connectivity index is 2.62. The molecule has 1 atom stereocenters. The molecule has 0 amide bonds. The summed E-state index contributed by atoms with van der Waals surface area (Å²) in [6, 6.07) is 10.6. The molecule has 1 N–H and O–H groups in total. The van der Waals surface area contributed by atoms with Crippen LogP contribution in [-0.2, 0) is 6.54 Å². The number of aliphatic hydroxyl groups excluding tert-OH is 1. The SMILES string of the molecule is C=CC(C)N(CCO)Cc1ccccc1. The summed E-state index contributed by atoms with van der Waals surface area (Å²) in [7, 11) is 0. The normalized spacial score (nSPS) is 12.7. The number of hydrogen-bond acceptors (Lipinski definition) is 2. The maximum absolute atomic E-state index is 8.98. The minimum atomic E-state index is 0.186. The maximum Gasteiger partial charge on any atom is 0.0558 e. The lowest BCUT2D eigenvalue weighted by atomic mass is 10.2. The van der Waals surface area contributed by atoms with E-state index in [9.17, 15) is 0 Å². The van der Waals surface area contributed by atoms with Crippen molar-refractivity contribution in [2.75, 3.05) is 13.2 Å². The van der Waals surface area contributed by atoms with Crippen molar-refractivity contribution in [3.05, 3.63) is 48.6 Å². The molecule has 0 saturated heterocycles. The molecule has 0 bridgehead atoms. The molecule has 0 spiro atoms. The quantitative estimate of drug-likeness (QED) is 0.718. The summed E-state index contributed by atoms with van der Waals surface area (Å²) in [6.07, 6.45) is 1.90. The standard InChI is InChI=1S/C13H19NO/c1-3-12(2)14(9-10-15)11-13-7-5-4-6-8-13/h3-8,12,15H,1,9-11H2,2H3. The minimum Gasteiger partial charge on any atom is -0.395 e. The molecular weight excluding hydrogens is 186 g/mol. The summed E-state index contributed by atoms with van der Waals surface area (Å²) in [5.41, 5.74) is 1.26. The highest BCUT2D eigenvalue weighted by atomic mass is 16.3. The number of nitrogens with zero attached hydrogens (tertiary/aromatic N) is 1. The summed E-state index contributed by atoms with van der Waals surface area (Å²) >= 11 is 0. The van der Waals surface area contributed by atoms with Crippen molar-refractivity contribution >= 4 is 0 Å². The summed E-state index contributed by atoms with van der Waals surface area (Å²) in [5, 5.41) is 8.98. The van der Waals surface area contributed by atoms with Gasteiger partial charge in [-0.05, 0) is 12.5 Å². The molecule has 0 aliphatic carbocycles. The average Bonchev–Trinajstić information content (AvgIpc) is 2.29. The highest BCUT2D eigenvalue weighted by Gasteiger charge is 2.09. The van der Waals surface area contributed by atoms with Gasteiger partial charge in [0.25, 0.3) is 0 Å². The van der Waals surface area contributed by atoms with Crippen LogP contribution >= 0.6 is 0 Å². The maximum atomic E-state index is 8.98. The first-order valence-corrected chi connectivity index (χ1v) is 5.29. The number of hydrogen-bond donors (Lipinski definition) is 1. The molecule has 1 rings (SSSR count). The smallest absolute Gasteiger partial charge is 0.0558 e. The molecule has 0 aromatic heterocycles. The van der Waals surface area contributed by atoms with Crippen molar-refractivity contribution in [2.45, 2.75) is 19.5 Å². The zero-order valence-corrected chi connectivity index (χ0v) is 9.26. The number of rotatable bonds is 6. The van der Waals surface area contributed by atoms with Crippen LogP contribution in [0.25, 0.3) is 0 Å². The molecule has 15 heavy (non-hydrogen) atoms. The molecule has 1 unspecified atom stereocenters. The second kappa shape index (κ2) is 6.38. The largest absolute Gasteiger partial charge is 0.395 e. The van der Waals surface area contributed by atoms with Gasteiger partial charge in [0, 0.05) is 19.1 Å². The van der Waals surface area contributed by atoms with Gasteiger partial charge in [0.1, 0.15) is 0 Å². The molecule has 0 fully saturated rings. The van der Waals surface area contributed by atoms with Crippen LogP contribution in [0.1, 0.15) is 12.5 Å². The van der Waals surface area contributed by atoms with Gasteiger partial charge in [-0.2, -0.15) is 0 Å². The Morgan fingerprint density at radius 3 is 2.60 bits per heavy atom. The van der Waals surface area contributed by atoms with Crippen LogP contribution in [0.15, 0.2) is 43.0 Å². The van der Waals surface area contributed by atoms with Crippen molar-refractivity contribution < 1.29 is 5.11 Å². The lowest BCUT2D eigenvalue weighted by Crippen LogP contribution is -2.33. The predicted molar refractivity (Wildman–Crippen MR) is 63.6 cm³/mol. The first-order chi connectivity index (χ1) is 7.27. The van der Waals surface area contributed by atoms with Crippen LogP contribution in [0.3, 0.4) is 0 Å². The molecule has 0 heterocycles. The summed E-state index contributed by atoms with van der Waals surface area (Å²) < 4.78 is 0. The fourth-order valence-electron chi connectivity index (χ4n) is 1.52. The van der Waals surface area contributed by atoms with E-state index in [1.54, 1.807) is 0 Å². The van der Waals surface area contributed by atoms with E-state index in [1.807, 2.05) is 24.3 Å². The van der Waals surface area contributed by atoms with Crippen molar-refractivity contribution in [3.63, 3.8) is 0 Å². The van der Waals surface area contributed by atoms with Gasteiger partial charge in [0.05, 0.1) is 6.61 Å². The molecule has 2 nitrogen and oxygen atoms in total. The highest BCUT2D eigenvalue weighted by Crippen LogP contribution is 2.08. The van der Waals surface area contributed by atoms with E-state index in [-0.39, 0.29) is 12.6 Å². The number of aliphatic hydroxyl groups is 1. The molecule has 0 radical (unpaired) electrons. The topological polar surface area (TPSA) is 23.5 Å². The van der Waals surface area contributed by atoms with Crippen LogP contribution in [-0.4, -0.2) is 29.2 Å². The molecule has 2 heteroatoms. The van der Waals surface area contributed by atoms with Crippen LogP contribution in [0.4, 0.5) is 0 Å². The first kappa shape index (κ1) is 12.0. The van der Waals surface area contributed by atoms with Gasteiger partial charge in [0.15, 0.2) is 0 Å². The lowest BCUT2D eigenvalue weighted by Gasteiger charge is -2.26. The van der Waals surface area contributed by atoms with E-state index >= 15 is 0 Å². The first-order valence-electron chi connectivity index (χ1n) is 5.29. The van der Waals surface area contributed by atoms with Gasteiger partial charge >= 0.3 is 0 Å². The molecular formula is C13H19NO. The van der Waals surface area contributed by atoms with Crippen molar-refractivity contribution in [1.82, 2.24) is 4.90 Å². The van der Waals surface area contributed by atoms with Crippen LogP contribution < -0.4 is 0 Å². The second-order valence-corrected chi connectivity index (χ2v) is 3.66. The van der Waals surface area contributed by atoms with E-state index in [4.69, 9.17) is 5.11 Å².